The Hall–Kier alpha value is -0.0800. The van der Waals surface area contributed by atoms with E-state index in [-0.39, 0.29) is 0 Å². The second kappa shape index (κ2) is 3.55. The first kappa shape index (κ1) is 9.01. The Morgan fingerprint density at radius 2 is 2.18 bits per heavy atom. The molecular weight excluding hydrogens is 138 g/mol. The molecule has 11 heavy (non-hydrogen) atoms. The van der Waals surface area contributed by atoms with Crippen LogP contribution in [0.5, 0.6) is 0 Å². The molecule has 1 aliphatic heterocycles. The minimum absolute atomic E-state index is 0.346. The molecule has 1 aliphatic rings. The molecule has 2 N–H and O–H groups in total. The van der Waals surface area contributed by atoms with Crippen molar-refractivity contribution in [2.45, 2.75) is 39.2 Å². The van der Waals surface area contributed by atoms with Gasteiger partial charge in [0, 0.05) is 11.5 Å². The van der Waals surface area contributed by atoms with E-state index in [9.17, 15) is 0 Å². The van der Waals surface area contributed by atoms with Crippen LogP contribution in [0.3, 0.4) is 0 Å². The zero-order valence-electron chi connectivity index (χ0n) is 7.60. The van der Waals surface area contributed by atoms with Gasteiger partial charge in [-0.15, -0.1) is 0 Å². The maximum absolute atomic E-state index is 5.69. The molecule has 1 unspecified atom stereocenters. The SMILES string of the molecule is CCC1(CCC(C)N)COC1. The quantitative estimate of drug-likeness (QED) is 0.672. The van der Waals surface area contributed by atoms with E-state index < -0.39 is 0 Å². The minimum Gasteiger partial charge on any atom is -0.380 e. The van der Waals surface area contributed by atoms with Crippen molar-refractivity contribution in [3.63, 3.8) is 0 Å². The smallest absolute Gasteiger partial charge is 0.0544 e. The summed E-state index contributed by atoms with van der Waals surface area (Å²) in [6, 6.07) is 0.346. The van der Waals surface area contributed by atoms with E-state index in [0.717, 1.165) is 19.6 Å². The van der Waals surface area contributed by atoms with Crippen LogP contribution in [0.2, 0.25) is 0 Å². The lowest BCUT2D eigenvalue weighted by molar-refractivity contribution is -0.120. The Morgan fingerprint density at radius 1 is 1.55 bits per heavy atom. The fourth-order valence-corrected chi connectivity index (χ4v) is 1.45. The van der Waals surface area contributed by atoms with E-state index in [2.05, 4.69) is 13.8 Å². The highest BCUT2D eigenvalue weighted by atomic mass is 16.5. The van der Waals surface area contributed by atoms with Crippen LogP contribution in [0.15, 0.2) is 0 Å². The Morgan fingerprint density at radius 3 is 2.45 bits per heavy atom. The largest absolute Gasteiger partial charge is 0.380 e. The molecule has 0 aromatic carbocycles. The Kier molecular flexibility index (Phi) is 2.90. The zero-order valence-corrected chi connectivity index (χ0v) is 7.60. The molecule has 0 aromatic rings. The second-order valence-electron chi connectivity index (χ2n) is 3.86. The molecule has 0 spiro atoms. The van der Waals surface area contributed by atoms with Crippen molar-refractivity contribution in [1.82, 2.24) is 0 Å². The summed E-state index contributed by atoms with van der Waals surface area (Å²) in [5, 5.41) is 0. The van der Waals surface area contributed by atoms with Crippen molar-refractivity contribution >= 4 is 0 Å². The number of hydrogen-bond acceptors (Lipinski definition) is 2. The molecule has 0 bridgehead atoms. The van der Waals surface area contributed by atoms with Gasteiger partial charge in [0.15, 0.2) is 0 Å². The van der Waals surface area contributed by atoms with E-state index in [4.69, 9.17) is 10.5 Å². The van der Waals surface area contributed by atoms with Crippen molar-refractivity contribution in [1.29, 1.82) is 0 Å². The Balaban J connectivity index is 2.22. The molecular formula is C9H19NO. The van der Waals surface area contributed by atoms with Gasteiger partial charge in [-0.3, -0.25) is 0 Å². The van der Waals surface area contributed by atoms with Crippen molar-refractivity contribution < 1.29 is 4.74 Å². The first-order chi connectivity index (χ1) is 5.18. The molecule has 0 saturated carbocycles. The predicted octanol–water partition coefficient (Wildman–Crippen LogP) is 1.54. The van der Waals surface area contributed by atoms with Crippen molar-refractivity contribution in [3.05, 3.63) is 0 Å². The van der Waals surface area contributed by atoms with Gasteiger partial charge in [-0.1, -0.05) is 6.92 Å². The van der Waals surface area contributed by atoms with Gasteiger partial charge in [-0.2, -0.15) is 0 Å². The molecule has 1 atom stereocenters. The van der Waals surface area contributed by atoms with Gasteiger partial charge >= 0.3 is 0 Å². The summed E-state index contributed by atoms with van der Waals surface area (Å²) in [6.07, 6.45) is 3.61. The van der Waals surface area contributed by atoms with E-state index >= 15 is 0 Å². The molecule has 1 heterocycles. The van der Waals surface area contributed by atoms with Crippen LogP contribution in [-0.4, -0.2) is 19.3 Å². The van der Waals surface area contributed by atoms with Crippen LogP contribution >= 0.6 is 0 Å². The van der Waals surface area contributed by atoms with Crippen LogP contribution in [0, 0.1) is 5.41 Å². The average molecular weight is 157 g/mol. The zero-order chi connectivity index (χ0) is 8.32. The molecule has 0 aliphatic carbocycles. The molecule has 1 fully saturated rings. The average Bonchev–Trinajstić information content (AvgIpc) is 1.86. The summed E-state index contributed by atoms with van der Waals surface area (Å²) in [5.74, 6) is 0. The van der Waals surface area contributed by atoms with E-state index in [1.54, 1.807) is 0 Å². The minimum atomic E-state index is 0.346. The van der Waals surface area contributed by atoms with Gasteiger partial charge in [0.1, 0.15) is 0 Å². The summed E-state index contributed by atoms with van der Waals surface area (Å²) >= 11 is 0. The highest BCUT2D eigenvalue weighted by Crippen LogP contribution is 2.36. The first-order valence-corrected chi connectivity index (χ1v) is 4.52. The maximum atomic E-state index is 5.69. The maximum Gasteiger partial charge on any atom is 0.0544 e. The molecule has 0 radical (unpaired) electrons. The molecule has 1 rings (SSSR count). The van der Waals surface area contributed by atoms with E-state index in [1.807, 2.05) is 0 Å². The second-order valence-corrected chi connectivity index (χ2v) is 3.86. The molecule has 2 nitrogen and oxygen atoms in total. The predicted molar refractivity (Wildman–Crippen MR) is 46.4 cm³/mol. The van der Waals surface area contributed by atoms with Crippen LogP contribution in [0.4, 0.5) is 0 Å². The molecule has 1 saturated heterocycles. The Labute approximate surface area is 69.1 Å². The fraction of sp³-hybridized carbons (Fsp3) is 1.00. The summed E-state index contributed by atoms with van der Waals surface area (Å²) in [4.78, 5) is 0. The third-order valence-corrected chi connectivity index (χ3v) is 2.70. The van der Waals surface area contributed by atoms with Crippen LogP contribution in [-0.2, 0) is 4.74 Å². The lowest BCUT2D eigenvalue weighted by Crippen LogP contribution is -2.42. The first-order valence-electron chi connectivity index (χ1n) is 4.52. The summed E-state index contributed by atoms with van der Waals surface area (Å²) in [5.41, 5.74) is 6.19. The number of nitrogens with two attached hydrogens (primary N) is 1. The summed E-state index contributed by atoms with van der Waals surface area (Å²) in [7, 11) is 0. The Bertz CT molecular complexity index is 113. The number of hydrogen-bond donors (Lipinski definition) is 1. The van der Waals surface area contributed by atoms with Crippen LogP contribution < -0.4 is 5.73 Å². The third-order valence-electron chi connectivity index (χ3n) is 2.70. The fourth-order valence-electron chi connectivity index (χ4n) is 1.45. The van der Waals surface area contributed by atoms with Gasteiger partial charge in [0.2, 0.25) is 0 Å². The van der Waals surface area contributed by atoms with Crippen LogP contribution in [0.1, 0.15) is 33.1 Å². The molecule has 0 aromatic heterocycles. The summed E-state index contributed by atoms with van der Waals surface area (Å²) < 4.78 is 5.22. The number of ether oxygens (including phenoxy) is 1. The van der Waals surface area contributed by atoms with Gasteiger partial charge in [-0.05, 0) is 26.2 Å². The third kappa shape index (κ3) is 2.17. The van der Waals surface area contributed by atoms with Crippen molar-refractivity contribution in [3.8, 4) is 0 Å². The highest BCUT2D eigenvalue weighted by Gasteiger charge is 2.35. The van der Waals surface area contributed by atoms with Gasteiger partial charge in [-0.25, -0.2) is 0 Å². The summed E-state index contributed by atoms with van der Waals surface area (Å²) in [6.45, 7) is 6.22. The standard InChI is InChI=1S/C9H19NO/c1-3-9(6-11-7-9)5-4-8(2)10/h8H,3-7,10H2,1-2H3. The highest BCUT2D eigenvalue weighted by molar-refractivity contribution is 4.84. The van der Waals surface area contributed by atoms with Crippen molar-refractivity contribution in [2.24, 2.45) is 11.1 Å². The lowest BCUT2D eigenvalue weighted by atomic mass is 9.78. The monoisotopic (exact) mass is 157 g/mol. The topological polar surface area (TPSA) is 35.2 Å². The van der Waals surface area contributed by atoms with Crippen molar-refractivity contribution in [2.75, 3.05) is 13.2 Å². The van der Waals surface area contributed by atoms with Crippen LogP contribution in [0.25, 0.3) is 0 Å². The van der Waals surface area contributed by atoms with Gasteiger partial charge in [0.25, 0.3) is 0 Å². The van der Waals surface area contributed by atoms with E-state index in [1.165, 1.54) is 12.8 Å². The van der Waals surface area contributed by atoms with E-state index in [0.29, 0.717) is 11.5 Å². The van der Waals surface area contributed by atoms with Gasteiger partial charge < -0.3 is 10.5 Å². The molecule has 66 valence electrons. The number of rotatable bonds is 4. The van der Waals surface area contributed by atoms with Gasteiger partial charge in [0.05, 0.1) is 13.2 Å². The lowest BCUT2D eigenvalue weighted by Gasteiger charge is -2.41. The normalized spacial score (nSPS) is 24.3. The molecule has 0 amide bonds. The molecule has 2 heteroatoms.